The molecule has 0 rings (SSSR count). The Morgan fingerprint density at radius 2 is 2.20 bits per heavy atom. The van der Waals surface area contributed by atoms with Crippen LogP contribution in [-0.2, 0) is 0 Å². The third kappa shape index (κ3) is 7.14. The van der Waals surface area contributed by atoms with Crippen LogP contribution >= 0.6 is 0 Å². The molecule has 0 aliphatic rings. The van der Waals surface area contributed by atoms with Gasteiger partial charge in [-0.3, -0.25) is 5.43 Å². The second kappa shape index (κ2) is 6.26. The lowest BCUT2D eigenvalue weighted by atomic mass is 10.2. The summed E-state index contributed by atoms with van der Waals surface area (Å²) in [6.07, 6.45) is 3.48. The van der Waals surface area contributed by atoms with Crippen molar-refractivity contribution in [2.45, 2.75) is 20.8 Å². The number of hydrogen-bond donors (Lipinski definition) is 1. The molecule has 0 fully saturated rings. The van der Waals surface area contributed by atoms with Crippen LogP contribution in [0.25, 0.3) is 0 Å². The Morgan fingerprint density at radius 3 is 2.70 bits per heavy atom. The highest BCUT2D eigenvalue weighted by molar-refractivity contribution is 4.70. The average molecular weight is 141 g/mol. The van der Waals surface area contributed by atoms with E-state index in [0.29, 0.717) is 5.92 Å². The minimum atomic E-state index is 0.615. The predicted octanol–water partition coefficient (Wildman–Crippen LogP) is 2.13. The van der Waals surface area contributed by atoms with Gasteiger partial charge in [0.1, 0.15) is 0 Å². The van der Waals surface area contributed by atoms with Gasteiger partial charge in [-0.15, -0.1) is 5.11 Å². The van der Waals surface area contributed by atoms with Crippen LogP contribution in [0.15, 0.2) is 22.6 Å². The van der Waals surface area contributed by atoms with E-state index in [1.54, 1.807) is 6.20 Å². The Morgan fingerprint density at radius 1 is 1.50 bits per heavy atom. The maximum absolute atomic E-state index is 3.70. The van der Waals surface area contributed by atoms with E-state index in [9.17, 15) is 0 Å². The van der Waals surface area contributed by atoms with Crippen LogP contribution in [0.2, 0.25) is 0 Å². The molecule has 10 heavy (non-hydrogen) atoms. The Kier molecular flexibility index (Phi) is 5.72. The first-order chi connectivity index (χ1) is 4.77. The Bertz CT molecular complexity index is 116. The molecule has 0 aliphatic heterocycles. The molecule has 0 saturated carbocycles. The number of hydrogen-bond acceptors (Lipinski definition) is 2. The number of rotatable bonds is 4. The predicted molar refractivity (Wildman–Crippen MR) is 42.5 cm³/mol. The van der Waals surface area contributed by atoms with Gasteiger partial charge in [-0.1, -0.05) is 25.1 Å². The Labute approximate surface area is 62.2 Å². The molecule has 0 aliphatic carbocycles. The summed E-state index contributed by atoms with van der Waals surface area (Å²) in [5, 5.41) is 7.38. The van der Waals surface area contributed by atoms with Crippen LogP contribution in [0.3, 0.4) is 0 Å². The van der Waals surface area contributed by atoms with E-state index in [1.807, 2.05) is 13.0 Å². The van der Waals surface area contributed by atoms with Gasteiger partial charge >= 0.3 is 0 Å². The molecule has 0 amide bonds. The fourth-order valence-corrected chi connectivity index (χ4v) is 0.364. The van der Waals surface area contributed by atoms with E-state index in [0.717, 1.165) is 6.54 Å². The van der Waals surface area contributed by atoms with Crippen molar-refractivity contribution in [2.75, 3.05) is 6.54 Å². The second-order valence-corrected chi connectivity index (χ2v) is 2.45. The topological polar surface area (TPSA) is 36.8 Å². The van der Waals surface area contributed by atoms with Crippen LogP contribution < -0.4 is 5.43 Å². The molecule has 0 unspecified atom stereocenters. The first kappa shape index (κ1) is 9.14. The third-order valence-corrected chi connectivity index (χ3v) is 0.844. The van der Waals surface area contributed by atoms with Crippen molar-refractivity contribution >= 4 is 0 Å². The van der Waals surface area contributed by atoms with Crippen molar-refractivity contribution in [3.8, 4) is 0 Å². The quantitative estimate of drug-likeness (QED) is 0.472. The van der Waals surface area contributed by atoms with Crippen LogP contribution in [0.5, 0.6) is 0 Å². The summed E-state index contributed by atoms with van der Waals surface area (Å²) < 4.78 is 0. The van der Waals surface area contributed by atoms with Gasteiger partial charge in [-0.05, 0) is 12.8 Å². The van der Waals surface area contributed by atoms with Gasteiger partial charge in [0.05, 0.1) is 0 Å². The lowest BCUT2D eigenvalue weighted by Gasteiger charge is -1.99. The molecular formula is C7H15N3. The number of nitrogens with one attached hydrogen (secondary N) is 1. The molecule has 0 aromatic heterocycles. The van der Waals surface area contributed by atoms with E-state index in [4.69, 9.17) is 0 Å². The van der Waals surface area contributed by atoms with E-state index in [2.05, 4.69) is 29.6 Å². The number of nitrogens with zero attached hydrogens (tertiary/aromatic N) is 2. The highest BCUT2D eigenvalue weighted by Crippen LogP contribution is 1.86. The summed E-state index contributed by atoms with van der Waals surface area (Å²) in [6, 6.07) is 0. The molecule has 3 nitrogen and oxygen atoms in total. The third-order valence-electron chi connectivity index (χ3n) is 0.844. The molecular weight excluding hydrogens is 126 g/mol. The van der Waals surface area contributed by atoms with Gasteiger partial charge in [0.15, 0.2) is 0 Å². The molecule has 0 bridgehead atoms. The first-order valence-corrected chi connectivity index (χ1v) is 3.51. The maximum Gasteiger partial charge on any atom is 0.0470 e. The summed E-state index contributed by atoms with van der Waals surface area (Å²) in [5.41, 5.74) is 2.83. The number of allylic oxidation sites excluding steroid dienone is 1. The second-order valence-electron chi connectivity index (χ2n) is 2.45. The minimum Gasteiger partial charge on any atom is -0.291 e. The standard InChI is InChI=1S/C7H15N3/c1-4-5-8-10-9-6-7(2)3/h4-5,7H,6H2,1-3H3,(H,8,9)/b5-4+. The molecule has 0 radical (unpaired) electrons. The lowest BCUT2D eigenvalue weighted by molar-refractivity contribution is 0.554. The molecule has 0 aromatic rings. The van der Waals surface area contributed by atoms with E-state index < -0.39 is 0 Å². The zero-order valence-corrected chi connectivity index (χ0v) is 6.83. The highest BCUT2D eigenvalue weighted by atomic mass is 15.4. The van der Waals surface area contributed by atoms with E-state index in [1.165, 1.54) is 0 Å². The monoisotopic (exact) mass is 141 g/mol. The molecule has 0 saturated heterocycles. The smallest absolute Gasteiger partial charge is 0.0470 e. The average Bonchev–Trinajstić information content (AvgIpc) is 1.87. The van der Waals surface area contributed by atoms with Crippen LogP contribution in [0, 0.1) is 5.92 Å². The molecule has 0 aromatic carbocycles. The minimum absolute atomic E-state index is 0.615. The zero-order chi connectivity index (χ0) is 7.82. The van der Waals surface area contributed by atoms with Crippen LogP contribution in [0.4, 0.5) is 0 Å². The Balaban J connectivity index is 3.18. The van der Waals surface area contributed by atoms with Gasteiger partial charge in [0.25, 0.3) is 0 Å². The normalized spacial score (nSPS) is 12.0. The lowest BCUT2D eigenvalue weighted by Crippen LogP contribution is -2.11. The molecule has 0 atom stereocenters. The fourth-order valence-electron chi connectivity index (χ4n) is 0.364. The molecule has 1 N–H and O–H groups in total. The van der Waals surface area contributed by atoms with Crippen molar-refractivity contribution in [2.24, 2.45) is 16.3 Å². The summed E-state index contributed by atoms with van der Waals surface area (Å²) in [4.78, 5) is 0. The SMILES string of the molecule is C/C=C/N=N\NCC(C)C. The van der Waals surface area contributed by atoms with Gasteiger partial charge < -0.3 is 0 Å². The summed E-state index contributed by atoms with van der Waals surface area (Å²) in [7, 11) is 0. The largest absolute Gasteiger partial charge is 0.291 e. The summed E-state index contributed by atoms with van der Waals surface area (Å²) in [5.74, 6) is 0.615. The van der Waals surface area contributed by atoms with Crippen molar-refractivity contribution in [1.82, 2.24) is 5.43 Å². The van der Waals surface area contributed by atoms with Crippen molar-refractivity contribution in [3.05, 3.63) is 12.3 Å². The van der Waals surface area contributed by atoms with Gasteiger partial charge in [-0.25, -0.2) is 0 Å². The van der Waals surface area contributed by atoms with Crippen molar-refractivity contribution < 1.29 is 0 Å². The molecule has 3 heteroatoms. The first-order valence-electron chi connectivity index (χ1n) is 3.51. The van der Waals surface area contributed by atoms with Crippen LogP contribution in [0.1, 0.15) is 20.8 Å². The molecule has 0 spiro atoms. The van der Waals surface area contributed by atoms with Gasteiger partial charge in [0.2, 0.25) is 0 Å². The zero-order valence-electron chi connectivity index (χ0n) is 6.83. The fraction of sp³-hybridized carbons (Fsp3) is 0.714. The van der Waals surface area contributed by atoms with Gasteiger partial charge in [-0.2, -0.15) is 0 Å². The molecule has 58 valence electrons. The maximum atomic E-state index is 3.70. The highest BCUT2D eigenvalue weighted by Gasteiger charge is 1.87. The Hall–Kier alpha value is -0.860. The summed E-state index contributed by atoms with van der Waals surface area (Å²) in [6.45, 7) is 7.03. The van der Waals surface area contributed by atoms with Crippen molar-refractivity contribution in [1.29, 1.82) is 0 Å². The molecule has 0 heterocycles. The summed E-state index contributed by atoms with van der Waals surface area (Å²) >= 11 is 0. The van der Waals surface area contributed by atoms with E-state index >= 15 is 0 Å². The van der Waals surface area contributed by atoms with Gasteiger partial charge in [0, 0.05) is 12.7 Å². The van der Waals surface area contributed by atoms with Crippen molar-refractivity contribution in [3.63, 3.8) is 0 Å². The van der Waals surface area contributed by atoms with E-state index in [-0.39, 0.29) is 0 Å². The van der Waals surface area contributed by atoms with Crippen LogP contribution in [-0.4, -0.2) is 6.54 Å².